The highest BCUT2D eigenvalue weighted by Gasteiger charge is 2.42. The van der Waals surface area contributed by atoms with Gasteiger partial charge in [-0.1, -0.05) is 24.3 Å². The van der Waals surface area contributed by atoms with Gasteiger partial charge in [0.15, 0.2) is 5.44 Å². The van der Waals surface area contributed by atoms with Crippen LogP contribution in [0.15, 0.2) is 24.3 Å². The van der Waals surface area contributed by atoms with E-state index in [4.69, 9.17) is 5.73 Å². The Morgan fingerprint density at radius 2 is 1.90 bits per heavy atom. The van der Waals surface area contributed by atoms with Crippen molar-refractivity contribution in [2.75, 3.05) is 6.54 Å². The molecule has 1 aromatic rings. The summed E-state index contributed by atoms with van der Waals surface area (Å²) in [5.41, 5.74) is 6.56. The summed E-state index contributed by atoms with van der Waals surface area (Å²) in [4.78, 5) is 0. The fraction of sp³-hybridized carbons (Fsp3) is 0.571. The molecule has 1 heterocycles. The fourth-order valence-corrected chi connectivity index (χ4v) is 4.34. The monoisotopic (exact) mass is 296 g/mol. The van der Waals surface area contributed by atoms with Gasteiger partial charge < -0.3 is 10.8 Å². The first kappa shape index (κ1) is 14.0. The van der Waals surface area contributed by atoms with Crippen LogP contribution in [-0.2, 0) is 23.0 Å². The van der Waals surface area contributed by atoms with Gasteiger partial charge in [-0.05, 0) is 36.3 Å². The van der Waals surface area contributed by atoms with Gasteiger partial charge in [0.25, 0.3) is 0 Å². The summed E-state index contributed by atoms with van der Waals surface area (Å²) in [6.07, 6.45) is 2.51. The molecule has 2 unspecified atom stereocenters. The Kier molecular flexibility index (Phi) is 3.58. The molecule has 1 saturated carbocycles. The predicted molar refractivity (Wildman–Crippen MR) is 76.2 cm³/mol. The molecule has 0 radical (unpaired) electrons. The van der Waals surface area contributed by atoms with Crippen molar-refractivity contribution in [2.45, 2.75) is 37.3 Å². The molecule has 2 atom stereocenters. The van der Waals surface area contributed by atoms with Gasteiger partial charge >= 0.3 is 0 Å². The zero-order valence-electron chi connectivity index (χ0n) is 11.3. The van der Waals surface area contributed by atoms with E-state index in [0.29, 0.717) is 19.5 Å². The largest absolute Gasteiger partial charge is 0.375 e. The molecule has 0 bridgehead atoms. The average molecular weight is 296 g/mol. The van der Waals surface area contributed by atoms with Crippen LogP contribution in [0.25, 0.3) is 0 Å². The van der Waals surface area contributed by atoms with Crippen molar-refractivity contribution in [3.05, 3.63) is 35.4 Å². The van der Waals surface area contributed by atoms with Gasteiger partial charge in [0, 0.05) is 19.1 Å². The fourth-order valence-electron chi connectivity index (χ4n) is 2.75. The van der Waals surface area contributed by atoms with E-state index in [0.717, 1.165) is 18.4 Å². The van der Waals surface area contributed by atoms with E-state index in [-0.39, 0.29) is 5.92 Å². The molecule has 3 N–H and O–H groups in total. The minimum absolute atomic E-state index is 0.150. The van der Waals surface area contributed by atoms with E-state index in [2.05, 4.69) is 0 Å². The molecule has 1 fully saturated rings. The van der Waals surface area contributed by atoms with Crippen molar-refractivity contribution in [3.8, 4) is 0 Å². The summed E-state index contributed by atoms with van der Waals surface area (Å²) in [6.45, 7) is 0.737. The van der Waals surface area contributed by atoms with Crippen LogP contribution in [0, 0.1) is 5.92 Å². The van der Waals surface area contributed by atoms with Gasteiger partial charge in [-0.25, -0.2) is 8.42 Å². The molecule has 0 saturated heterocycles. The zero-order chi connectivity index (χ0) is 14.3. The van der Waals surface area contributed by atoms with Crippen molar-refractivity contribution in [2.24, 2.45) is 11.7 Å². The normalized spacial score (nSPS) is 23.1. The Morgan fingerprint density at radius 1 is 1.25 bits per heavy atom. The molecule has 3 rings (SSSR count). The number of hydrogen-bond acceptors (Lipinski definition) is 4. The lowest BCUT2D eigenvalue weighted by Crippen LogP contribution is -2.49. The Balaban J connectivity index is 1.79. The van der Waals surface area contributed by atoms with Crippen LogP contribution in [0.3, 0.4) is 0 Å². The van der Waals surface area contributed by atoms with E-state index in [9.17, 15) is 13.5 Å². The first-order valence-electron chi connectivity index (χ1n) is 6.99. The molecular formula is C14H20N2O3S. The molecule has 110 valence electrons. The number of benzene rings is 1. The zero-order valence-corrected chi connectivity index (χ0v) is 12.1. The topological polar surface area (TPSA) is 83.6 Å². The number of fused-ring (bicyclic) bond motifs is 1. The van der Waals surface area contributed by atoms with Crippen LogP contribution in [0.4, 0.5) is 0 Å². The molecule has 6 heteroatoms. The number of nitrogens with zero attached hydrogens (tertiary/aromatic N) is 1. The van der Waals surface area contributed by atoms with E-state index in [1.165, 1.54) is 9.87 Å². The second-order valence-corrected chi connectivity index (χ2v) is 7.73. The second kappa shape index (κ2) is 5.11. The van der Waals surface area contributed by atoms with Crippen LogP contribution in [0.2, 0.25) is 0 Å². The molecule has 20 heavy (non-hydrogen) atoms. The van der Waals surface area contributed by atoms with E-state index >= 15 is 0 Å². The molecular weight excluding hydrogens is 276 g/mol. The van der Waals surface area contributed by atoms with Gasteiger partial charge in [0.2, 0.25) is 10.0 Å². The van der Waals surface area contributed by atoms with Gasteiger partial charge in [0.1, 0.15) is 0 Å². The SMILES string of the molecule is NC(C1CC1)C(O)S(=O)(=O)N1CCc2ccccc2C1. The number of sulfonamides is 1. The van der Waals surface area contributed by atoms with Gasteiger partial charge in [0.05, 0.1) is 0 Å². The average Bonchev–Trinajstić information content (AvgIpc) is 3.29. The highest BCUT2D eigenvalue weighted by atomic mass is 32.2. The summed E-state index contributed by atoms with van der Waals surface area (Å²) in [6, 6.07) is 7.15. The van der Waals surface area contributed by atoms with Crippen LogP contribution in [-0.4, -0.2) is 35.9 Å². The maximum absolute atomic E-state index is 12.5. The summed E-state index contributed by atoms with van der Waals surface area (Å²) in [7, 11) is -3.75. The highest BCUT2D eigenvalue weighted by molar-refractivity contribution is 7.89. The summed E-state index contributed by atoms with van der Waals surface area (Å²) in [5.74, 6) is 0.150. The van der Waals surface area contributed by atoms with Crippen LogP contribution < -0.4 is 5.73 Å². The Labute approximate surface area is 119 Å². The number of rotatable bonds is 4. The lowest BCUT2D eigenvalue weighted by atomic mass is 10.0. The van der Waals surface area contributed by atoms with E-state index < -0.39 is 21.5 Å². The van der Waals surface area contributed by atoms with E-state index in [1.807, 2.05) is 24.3 Å². The summed E-state index contributed by atoms with van der Waals surface area (Å²) < 4.78 is 26.3. The number of hydrogen-bond donors (Lipinski definition) is 2. The number of nitrogens with two attached hydrogens (primary N) is 1. The Morgan fingerprint density at radius 3 is 2.55 bits per heavy atom. The Bertz CT molecular complexity index is 598. The van der Waals surface area contributed by atoms with Crippen molar-refractivity contribution in [1.82, 2.24) is 4.31 Å². The van der Waals surface area contributed by atoms with Crippen molar-refractivity contribution in [1.29, 1.82) is 0 Å². The first-order chi connectivity index (χ1) is 9.50. The van der Waals surface area contributed by atoms with Crippen molar-refractivity contribution in [3.63, 3.8) is 0 Å². The predicted octanol–water partition coefficient (Wildman–Crippen LogP) is 0.430. The highest BCUT2D eigenvalue weighted by Crippen LogP contribution is 2.35. The summed E-state index contributed by atoms with van der Waals surface area (Å²) in [5, 5.41) is 10.1. The van der Waals surface area contributed by atoms with Gasteiger partial charge in [-0.2, -0.15) is 4.31 Å². The molecule has 0 amide bonds. The Hall–Kier alpha value is -0.950. The smallest absolute Gasteiger partial charge is 0.242 e. The minimum Gasteiger partial charge on any atom is -0.375 e. The maximum Gasteiger partial charge on any atom is 0.242 e. The molecule has 0 spiro atoms. The third-order valence-corrected chi connectivity index (χ3v) is 6.21. The number of aliphatic hydroxyl groups excluding tert-OH is 1. The lowest BCUT2D eigenvalue weighted by molar-refractivity contribution is 0.193. The molecule has 1 aromatic carbocycles. The lowest BCUT2D eigenvalue weighted by Gasteiger charge is -2.31. The molecule has 1 aliphatic carbocycles. The van der Waals surface area contributed by atoms with Crippen molar-refractivity contribution >= 4 is 10.0 Å². The standard InChI is InChI=1S/C14H20N2O3S/c15-13(11-5-6-11)14(17)20(18,19)16-8-7-10-3-1-2-4-12(10)9-16/h1-4,11,13-14,17H,5-9,15H2. The van der Waals surface area contributed by atoms with Gasteiger partial charge in [-0.3, -0.25) is 0 Å². The third kappa shape index (κ3) is 2.48. The first-order valence-corrected chi connectivity index (χ1v) is 8.50. The van der Waals surface area contributed by atoms with Gasteiger partial charge in [-0.15, -0.1) is 0 Å². The summed E-state index contributed by atoms with van der Waals surface area (Å²) >= 11 is 0. The van der Waals surface area contributed by atoms with Crippen LogP contribution in [0.1, 0.15) is 24.0 Å². The maximum atomic E-state index is 12.5. The second-order valence-electron chi connectivity index (χ2n) is 5.70. The molecule has 0 aromatic heterocycles. The van der Waals surface area contributed by atoms with Crippen molar-refractivity contribution < 1.29 is 13.5 Å². The number of aliphatic hydroxyl groups is 1. The minimum atomic E-state index is -3.75. The van der Waals surface area contributed by atoms with Crippen LogP contribution in [0.5, 0.6) is 0 Å². The molecule has 2 aliphatic rings. The third-order valence-electron chi connectivity index (χ3n) is 4.26. The quantitative estimate of drug-likeness (QED) is 0.844. The van der Waals surface area contributed by atoms with Crippen LogP contribution >= 0.6 is 0 Å². The van der Waals surface area contributed by atoms with E-state index in [1.54, 1.807) is 0 Å². The molecule has 5 nitrogen and oxygen atoms in total. The molecule has 1 aliphatic heterocycles.